The molecule has 1 aliphatic rings. The van der Waals surface area contributed by atoms with E-state index in [1.807, 2.05) is 6.92 Å². The number of ether oxygens (including phenoxy) is 1. The molecule has 1 rings (SSSR count). The van der Waals surface area contributed by atoms with Crippen LogP contribution in [-0.4, -0.2) is 30.8 Å². The lowest BCUT2D eigenvalue weighted by Crippen LogP contribution is -2.51. The summed E-state index contributed by atoms with van der Waals surface area (Å²) in [5, 5.41) is 3.46. The van der Waals surface area contributed by atoms with E-state index in [0.29, 0.717) is 6.10 Å². The Hall–Kier alpha value is -0.120. The zero-order valence-electron chi connectivity index (χ0n) is 8.26. The minimum Gasteiger partial charge on any atom is -0.377 e. The van der Waals surface area contributed by atoms with Crippen molar-refractivity contribution in [3.8, 4) is 0 Å². The second-order valence-electron chi connectivity index (χ2n) is 4.04. The average molecular weight is 172 g/mol. The summed E-state index contributed by atoms with van der Waals surface area (Å²) < 4.78 is 5.50. The van der Waals surface area contributed by atoms with Crippen molar-refractivity contribution in [2.24, 2.45) is 5.73 Å². The minimum atomic E-state index is 0.133. The van der Waals surface area contributed by atoms with Gasteiger partial charge in [0.05, 0.1) is 6.10 Å². The fourth-order valence-electron chi connectivity index (χ4n) is 1.46. The SMILES string of the molecule is CC(N)CNC1(C)CCOC1C. The van der Waals surface area contributed by atoms with Gasteiger partial charge in [0.15, 0.2) is 0 Å². The molecule has 0 spiro atoms. The van der Waals surface area contributed by atoms with E-state index in [1.165, 1.54) is 0 Å². The smallest absolute Gasteiger partial charge is 0.0726 e. The van der Waals surface area contributed by atoms with Gasteiger partial charge in [-0.3, -0.25) is 0 Å². The molecule has 0 aromatic rings. The Bertz CT molecular complexity index is 149. The van der Waals surface area contributed by atoms with Gasteiger partial charge in [-0.15, -0.1) is 0 Å². The molecule has 0 bridgehead atoms. The molecule has 0 saturated carbocycles. The number of nitrogens with one attached hydrogen (secondary N) is 1. The van der Waals surface area contributed by atoms with Crippen LogP contribution in [0.3, 0.4) is 0 Å². The molecule has 12 heavy (non-hydrogen) atoms. The third kappa shape index (κ3) is 2.19. The lowest BCUT2D eigenvalue weighted by molar-refractivity contribution is 0.0884. The summed E-state index contributed by atoms with van der Waals surface area (Å²) in [6.07, 6.45) is 1.39. The van der Waals surface area contributed by atoms with Crippen molar-refractivity contribution in [2.75, 3.05) is 13.2 Å². The van der Waals surface area contributed by atoms with Gasteiger partial charge in [-0.05, 0) is 27.2 Å². The number of hydrogen-bond donors (Lipinski definition) is 2. The molecular formula is C9H20N2O. The van der Waals surface area contributed by atoms with Crippen LogP contribution in [0.25, 0.3) is 0 Å². The van der Waals surface area contributed by atoms with Crippen molar-refractivity contribution in [1.82, 2.24) is 5.32 Å². The summed E-state index contributed by atoms with van der Waals surface area (Å²) in [6, 6.07) is 0.217. The molecule has 0 aromatic heterocycles. The van der Waals surface area contributed by atoms with Crippen LogP contribution in [0.1, 0.15) is 27.2 Å². The molecule has 3 N–H and O–H groups in total. The van der Waals surface area contributed by atoms with Gasteiger partial charge in [-0.1, -0.05) is 0 Å². The maximum Gasteiger partial charge on any atom is 0.0726 e. The second-order valence-corrected chi connectivity index (χ2v) is 4.04. The topological polar surface area (TPSA) is 47.3 Å². The van der Waals surface area contributed by atoms with Crippen LogP contribution in [0.4, 0.5) is 0 Å². The van der Waals surface area contributed by atoms with Gasteiger partial charge in [0.25, 0.3) is 0 Å². The summed E-state index contributed by atoms with van der Waals surface area (Å²) in [6.45, 7) is 8.05. The largest absolute Gasteiger partial charge is 0.377 e. The van der Waals surface area contributed by atoms with E-state index in [-0.39, 0.29) is 11.6 Å². The number of rotatable bonds is 3. The minimum absolute atomic E-state index is 0.133. The van der Waals surface area contributed by atoms with Gasteiger partial charge in [0, 0.05) is 24.7 Å². The van der Waals surface area contributed by atoms with E-state index < -0.39 is 0 Å². The summed E-state index contributed by atoms with van der Waals surface area (Å²) >= 11 is 0. The van der Waals surface area contributed by atoms with Gasteiger partial charge in [0.2, 0.25) is 0 Å². The monoisotopic (exact) mass is 172 g/mol. The van der Waals surface area contributed by atoms with Crippen molar-refractivity contribution in [1.29, 1.82) is 0 Å². The van der Waals surface area contributed by atoms with Crippen LogP contribution in [0.5, 0.6) is 0 Å². The Kier molecular flexibility index (Phi) is 3.09. The quantitative estimate of drug-likeness (QED) is 0.651. The molecule has 3 heteroatoms. The molecule has 1 aliphatic heterocycles. The fourth-order valence-corrected chi connectivity index (χ4v) is 1.46. The first kappa shape index (κ1) is 9.96. The highest BCUT2D eigenvalue weighted by Gasteiger charge is 2.36. The van der Waals surface area contributed by atoms with Crippen molar-refractivity contribution >= 4 is 0 Å². The molecule has 1 fully saturated rings. The van der Waals surface area contributed by atoms with Crippen LogP contribution < -0.4 is 11.1 Å². The van der Waals surface area contributed by atoms with Gasteiger partial charge in [0.1, 0.15) is 0 Å². The normalized spacial score (nSPS) is 38.5. The molecule has 3 nitrogen and oxygen atoms in total. The van der Waals surface area contributed by atoms with Gasteiger partial charge in [-0.25, -0.2) is 0 Å². The maximum absolute atomic E-state index is 5.67. The van der Waals surface area contributed by atoms with Gasteiger partial charge in [-0.2, -0.15) is 0 Å². The lowest BCUT2D eigenvalue weighted by Gasteiger charge is -2.29. The summed E-state index contributed by atoms with van der Waals surface area (Å²) in [4.78, 5) is 0. The molecule has 0 aliphatic carbocycles. The van der Waals surface area contributed by atoms with Gasteiger partial charge >= 0.3 is 0 Å². The number of nitrogens with two attached hydrogens (primary N) is 1. The molecule has 1 saturated heterocycles. The zero-order valence-corrected chi connectivity index (χ0v) is 8.26. The molecule has 0 aromatic carbocycles. The average Bonchev–Trinajstić information content (AvgIpc) is 2.30. The highest BCUT2D eigenvalue weighted by Crippen LogP contribution is 2.24. The van der Waals surface area contributed by atoms with E-state index >= 15 is 0 Å². The van der Waals surface area contributed by atoms with E-state index in [1.54, 1.807) is 0 Å². The Labute approximate surface area is 74.7 Å². The molecule has 1 heterocycles. The van der Waals surface area contributed by atoms with E-state index in [0.717, 1.165) is 19.6 Å². The Balaban J connectivity index is 2.37. The van der Waals surface area contributed by atoms with Crippen LogP contribution >= 0.6 is 0 Å². The lowest BCUT2D eigenvalue weighted by atomic mass is 9.94. The highest BCUT2D eigenvalue weighted by atomic mass is 16.5. The Morgan fingerprint density at radius 3 is 2.83 bits per heavy atom. The van der Waals surface area contributed by atoms with Gasteiger partial charge < -0.3 is 15.8 Å². The van der Waals surface area contributed by atoms with E-state index in [2.05, 4.69) is 19.2 Å². The predicted molar refractivity (Wildman–Crippen MR) is 50.1 cm³/mol. The molecule has 3 unspecified atom stereocenters. The summed E-state index contributed by atoms with van der Waals surface area (Å²) in [7, 11) is 0. The first-order valence-electron chi connectivity index (χ1n) is 4.67. The Morgan fingerprint density at radius 1 is 1.75 bits per heavy atom. The van der Waals surface area contributed by atoms with Crippen LogP contribution in [0.15, 0.2) is 0 Å². The molecule has 0 radical (unpaired) electrons. The predicted octanol–water partition coefficient (Wildman–Crippen LogP) is 0.491. The first-order chi connectivity index (χ1) is 5.54. The third-order valence-corrected chi connectivity index (χ3v) is 2.71. The highest BCUT2D eigenvalue weighted by molar-refractivity contribution is 4.93. The van der Waals surface area contributed by atoms with Crippen molar-refractivity contribution in [3.05, 3.63) is 0 Å². The standard InChI is InChI=1S/C9H20N2O/c1-7(10)6-11-9(3)4-5-12-8(9)2/h7-8,11H,4-6,10H2,1-3H3. The van der Waals surface area contributed by atoms with Crippen molar-refractivity contribution in [3.63, 3.8) is 0 Å². The third-order valence-electron chi connectivity index (χ3n) is 2.71. The molecule has 0 amide bonds. The molecule has 72 valence electrons. The summed E-state index contributed by atoms with van der Waals surface area (Å²) in [5.41, 5.74) is 5.80. The molecule has 3 atom stereocenters. The first-order valence-corrected chi connectivity index (χ1v) is 4.67. The maximum atomic E-state index is 5.67. The van der Waals surface area contributed by atoms with Crippen LogP contribution in [0.2, 0.25) is 0 Å². The van der Waals surface area contributed by atoms with E-state index in [4.69, 9.17) is 10.5 Å². The van der Waals surface area contributed by atoms with E-state index in [9.17, 15) is 0 Å². The van der Waals surface area contributed by atoms with Crippen LogP contribution in [-0.2, 0) is 4.74 Å². The van der Waals surface area contributed by atoms with Crippen molar-refractivity contribution in [2.45, 2.75) is 44.9 Å². The zero-order chi connectivity index (χ0) is 9.19. The van der Waals surface area contributed by atoms with Crippen LogP contribution in [0, 0.1) is 0 Å². The number of hydrogen-bond acceptors (Lipinski definition) is 3. The summed E-state index contributed by atoms with van der Waals surface area (Å²) in [5.74, 6) is 0. The second kappa shape index (κ2) is 3.73. The Morgan fingerprint density at radius 2 is 2.42 bits per heavy atom. The van der Waals surface area contributed by atoms with Crippen molar-refractivity contribution < 1.29 is 4.74 Å². The fraction of sp³-hybridized carbons (Fsp3) is 1.00. The molecular weight excluding hydrogens is 152 g/mol.